The zero-order valence-corrected chi connectivity index (χ0v) is 11.8. The molecular formula is C14H21ClN2O. The Balaban J connectivity index is 2.04. The maximum absolute atomic E-state index is 6.32. The fraction of sp³-hybridized carbons (Fsp3) is 0.571. The van der Waals surface area contributed by atoms with Crippen LogP contribution >= 0.6 is 11.6 Å². The van der Waals surface area contributed by atoms with Gasteiger partial charge in [-0.2, -0.15) is 0 Å². The molecule has 0 bridgehead atoms. The molecule has 1 aromatic rings. The van der Waals surface area contributed by atoms with Crippen LogP contribution in [-0.2, 0) is 11.3 Å². The minimum absolute atomic E-state index is 0.352. The lowest BCUT2D eigenvalue weighted by Crippen LogP contribution is -2.22. The average Bonchev–Trinajstić information content (AvgIpc) is 2.86. The zero-order chi connectivity index (χ0) is 13.0. The smallest absolute Gasteiger partial charge is 0.0762 e. The molecule has 1 fully saturated rings. The Morgan fingerprint density at radius 3 is 2.94 bits per heavy atom. The Hall–Kier alpha value is -0.770. The molecular weight excluding hydrogens is 248 g/mol. The summed E-state index contributed by atoms with van der Waals surface area (Å²) in [4.78, 5) is 2.33. The molecule has 0 spiro atoms. The number of nitrogens with one attached hydrogen (secondary N) is 1. The molecule has 1 heterocycles. The molecule has 1 aliphatic rings. The second-order valence-electron chi connectivity index (χ2n) is 4.65. The summed E-state index contributed by atoms with van der Waals surface area (Å²) in [5.74, 6) is 0. The van der Waals surface area contributed by atoms with Crippen LogP contribution in [-0.4, -0.2) is 32.8 Å². The fourth-order valence-corrected chi connectivity index (χ4v) is 2.53. The predicted molar refractivity (Wildman–Crippen MR) is 76.5 cm³/mol. The third kappa shape index (κ3) is 3.16. The monoisotopic (exact) mass is 268 g/mol. The van der Waals surface area contributed by atoms with Crippen molar-refractivity contribution in [1.82, 2.24) is 5.32 Å². The van der Waals surface area contributed by atoms with E-state index in [9.17, 15) is 0 Å². The van der Waals surface area contributed by atoms with Gasteiger partial charge in [-0.1, -0.05) is 24.6 Å². The van der Waals surface area contributed by atoms with Gasteiger partial charge in [0.15, 0.2) is 0 Å². The summed E-state index contributed by atoms with van der Waals surface area (Å²) in [5.41, 5.74) is 2.35. The van der Waals surface area contributed by atoms with Crippen molar-refractivity contribution in [3.63, 3.8) is 0 Å². The van der Waals surface area contributed by atoms with E-state index in [1.165, 1.54) is 5.69 Å². The average molecular weight is 269 g/mol. The lowest BCUT2D eigenvalue weighted by Gasteiger charge is -2.19. The number of rotatable bonds is 5. The molecule has 1 N–H and O–H groups in total. The van der Waals surface area contributed by atoms with E-state index in [1.807, 2.05) is 0 Å². The first-order chi connectivity index (χ1) is 8.74. The number of ether oxygens (including phenoxy) is 1. The molecule has 1 aromatic carbocycles. The van der Waals surface area contributed by atoms with Crippen LogP contribution in [0.15, 0.2) is 18.2 Å². The molecule has 0 saturated carbocycles. The van der Waals surface area contributed by atoms with Gasteiger partial charge in [-0.05, 0) is 30.7 Å². The van der Waals surface area contributed by atoms with Crippen molar-refractivity contribution in [3.8, 4) is 0 Å². The van der Waals surface area contributed by atoms with E-state index in [4.69, 9.17) is 16.3 Å². The van der Waals surface area contributed by atoms with Gasteiger partial charge in [-0.15, -0.1) is 0 Å². The van der Waals surface area contributed by atoms with Gasteiger partial charge in [0.25, 0.3) is 0 Å². The van der Waals surface area contributed by atoms with Gasteiger partial charge in [-0.25, -0.2) is 0 Å². The zero-order valence-electron chi connectivity index (χ0n) is 11.1. The summed E-state index contributed by atoms with van der Waals surface area (Å²) in [6.07, 6.45) is 1.44. The van der Waals surface area contributed by atoms with Gasteiger partial charge < -0.3 is 15.0 Å². The standard InChI is InChI=1S/C14H21ClN2O/c1-3-16-9-11-4-5-12(8-14(11)15)17-7-6-13(10-17)18-2/h4-5,8,13,16H,3,6-7,9-10H2,1-2H3. The van der Waals surface area contributed by atoms with Gasteiger partial charge in [-0.3, -0.25) is 0 Å². The molecule has 18 heavy (non-hydrogen) atoms. The van der Waals surface area contributed by atoms with Crippen molar-refractivity contribution in [3.05, 3.63) is 28.8 Å². The van der Waals surface area contributed by atoms with E-state index < -0.39 is 0 Å². The molecule has 0 aromatic heterocycles. The van der Waals surface area contributed by atoms with Gasteiger partial charge in [0.1, 0.15) is 0 Å². The predicted octanol–water partition coefficient (Wildman–Crippen LogP) is 2.67. The van der Waals surface area contributed by atoms with Crippen molar-refractivity contribution in [2.75, 3.05) is 31.6 Å². The highest BCUT2D eigenvalue weighted by molar-refractivity contribution is 6.31. The first-order valence-electron chi connectivity index (χ1n) is 6.51. The molecule has 1 saturated heterocycles. The largest absolute Gasteiger partial charge is 0.380 e. The topological polar surface area (TPSA) is 24.5 Å². The quantitative estimate of drug-likeness (QED) is 0.889. The SMILES string of the molecule is CCNCc1ccc(N2CCC(OC)C2)cc1Cl. The van der Waals surface area contributed by atoms with Crippen molar-refractivity contribution in [2.45, 2.75) is 26.0 Å². The van der Waals surface area contributed by atoms with Crippen molar-refractivity contribution < 1.29 is 4.74 Å². The molecule has 0 aliphatic carbocycles. The van der Waals surface area contributed by atoms with E-state index in [-0.39, 0.29) is 0 Å². The number of nitrogens with zero attached hydrogens (tertiary/aromatic N) is 1. The molecule has 3 nitrogen and oxygen atoms in total. The van der Waals surface area contributed by atoms with Gasteiger partial charge in [0.2, 0.25) is 0 Å². The third-order valence-corrected chi connectivity index (χ3v) is 3.80. The summed E-state index contributed by atoms with van der Waals surface area (Å²) in [5, 5.41) is 4.13. The van der Waals surface area contributed by atoms with Crippen LogP contribution in [0.4, 0.5) is 5.69 Å². The molecule has 1 unspecified atom stereocenters. The third-order valence-electron chi connectivity index (χ3n) is 3.45. The molecule has 0 amide bonds. The van der Waals surface area contributed by atoms with Gasteiger partial charge in [0.05, 0.1) is 6.10 Å². The Morgan fingerprint density at radius 2 is 2.33 bits per heavy atom. The van der Waals surface area contributed by atoms with Crippen LogP contribution in [0, 0.1) is 0 Å². The second-order valence-corrected chi connectivity index (χ2v) is 5.06. The van der Waals surface area contributed by atoms with Crippen LogP contribution in [0.2, 0.25) is 5.02 Å². The van der Waals surface area contributed by atoms with Crippen LogP contribution in [0.3, 0.4) is 0 Å². The first kappa shape index (κ1) is 13.7. The van der Waals surface area contributed by atoms with Crippen molar-refractivity contribution >= 4 is 17.3 Å². The Bertz CT molecular complexity index is 397. The van der Waals surface area contributed by atoms with Crippen LogP contribution in [0.1, 0.15) is 18.9 Å². The summed E-state index contributed by atoms with van der Waals surface area (Å²) in [6.45, 7) is 5.88. The van der Waals surface area contributed by atoms with E-state index >= 15 is 0 Å². The lowest BCUT2D eigenvalue weighted by molar-refractivity contribution is 0.121. The summed E-state index contributed by atoms with van der Waals surface area (Å²) in [6, 6.07) is 6.32. The number of halogens is 1. The second kappa shape index (κ2) is 6.41. The van der Waals surface area contributed by atoms with Crippen LogP contribution < -0.4 is 10.2 Å². The highest BCUT2D eigenvalue weighted by Crippen LogP contribution is 2.27. The van der Waals surface area contributed by atoms with E-state index in [2.05, 4.69) is 35.3 Å². The Kier molecular flexibility index (Phi) is 4.87. The highest BCUT2D eigenvalue weighted by atomic mass is 35.5. The van der Waals surface area contributed by atoms with E-state index in [1.54, 1.807) is 7.11 Å². The molecule has 4 heteroatoms. The molecule has 100 valence electrons. The summed E-state index contributed by atoms with van der Waals surface area (Å²) in [7, 11) is 1.78. The van der Waals surface area contributed by atoms with E-state index in [0.29, 0.717) is 6.10 Å². The molecule has 0 radical (unpaired) electrons. The molecule has 2 rings (SSSR count). The van der Waals surface area contributed by atoms with Crippen molar-refractivity contribution in [2.24, 2.45) is 0 Å². The first-order valence-corrected chi connectivity index (χ1v) is 6.89. The fourth-order valence-electron chi connectivity index (χ4n) is 2.29. The number of methoxy groups -OCH3 is 1. The highest BCUT2D eigenvalue weighted by Gasteiger charge is 2.22. The number of anilines is 1. The summed E-state index contributed by atoms with van der Waals surface area (Å²) >= 11 is 6.32. The molecule has 1 atom stereocenters. The number of hydrogen-bond acceptors (Lipinski definition) is 3. The maximum Gasteiger partial charge on any atom is 0.0762 e. The Labute approximate surface area is 114 Å². The van der Waals surface area contributed by atoms with Gasteiger partial charge in [0, 0.05) is 37.5 Å². The van der Waals surface area contributed by atoms with Crippen LogP contribution in [0.5, 0.6) is 0 Å². The number of benzene rings is 1. The lowest BCUT2D eigenvalue weighted by atomic mass is 10.2. The maximum atomic E-state index is 6.32. The Morgan fingerprint density at radius 1 is 1.50 bits per heavy atom. The van der Waals surface area contributed by atoms with Crippen molar-refractivity contribution in [1.29, 1.82) is 0 Å². The van der Waals surface area contributed by atoms with Crippen LogP contribution in [0.25, 0.3) is 0 Å². The molecule has 1 aliphatic heterocycles. The minimum atomic E-state index is 0.352. The number of hydrogen-bond donors (Lipinski definition) is 1. The normalized spacial score (nSPS) is 19.5. The van der Waals surface area contributed by atoms with E-state index in [0.717, 1.165) is 43.2 Å². The minimum Gasteiger partial charge on any atom is -0.380 e. The summed E-state index contributed by atoms with van der Waals surface area (Å²) < 4.78 is 5.39. The van der Waals surface area contributed by atoms with Gasteiger partial charge >= 0.3 is 0 Å².